The largest absolute Gasteiger partial charge is 0.452 e. The monoisotopic (exact) mass is 418 g/mol. The molecule has 0 spiro atoms. The number of carbonyl (C=O) groups excluding carboxylic acids is 4. The van der Waals surface area contributed by atoms with E-state index in [9.17, 15) is 19.2 Å². The molecule has 7 heteroatoms. The van der Waals surface area contributed by atoms with E-state index in [1.54, 1.807) is 36.4 Å². The molecule has 2 aliphatic rings. The number of nitrogens with one attached hydrogen (secondary N) is 1. The van der Waals surface area contributed by atoms with Crippen LogP contribution in [0.5, 0.6) is 0 Å². The molecule has 3 amide bonds. The maximum Gasteiger partial charge on any atom is 0.338 e. The molecule has 1 heterocycles. The first-order chi connectivity index (χ1) is 15.0. The van der Waals surface area contributed by atoms with Crippen LogP contribution in [-0.4, -0.2) is 30.3 Å². The summed E-state index contributed by atoms with van der Waals surface area (Å²) in [6.07, 6.45) is 4.49. The fourth-order valence-electron chi connectivity index (χ4n) is 4.08. The van der Waals surface area contributed by atoms with Crippen molar-refractivity contribution in [3.63, 3.8) is 0 Å². The van der Waals surface area contributed by atoms with Gasteiger partial charge in [-0.1, -0.05) is 37.3 Å². The summed E-state index contributed by atoms with van der Waals surface area (Å²) in [6, 6.07) is 14.9. The number of imide groups is 1. The average Bonchev–Trinajstić information content (AvgIpc) is 3.04. The quantitative estimate of drug-likeness (QED) is 0.457. The number of esters is 1. The molecule has 158 valence electrons. The third kappa shape index (κ3) is 4.12. The number of para-hydroxylation sites is 1. The molecule has 0 unspecified atom stereocenters. The van der Waals surface area contributed by atoms with E-state index in [0.29, 0.717) is 17.8 Å². The van der Waals surface area contributed by atoms with Crippen molar-refractivity contribution in [2.45, 2.75) is 13.3 Å². The van der Waals surface area contributed by atoms with Crippen molar-refractivity contribution in [3.8, 4) is 0 Å². The molecule has 7 nitrogen and oxygen atoms in total. The van der Waals surface area contributed by atoms with Crippen LogP contribution in [0.2, 0.25) is 0 Å². The number of carbonyl (C=O) groups is 4. The zero-order valence-corrected chi connectivity index (χ0v) is 17.0. The van der Waals surface area contributed by atoms with Gasteiger partial charge in [-0.2, -0.15) is 0 Å². The van der Waals surface area contributed by atoms with Crippen LogP contribution in [0, 0.1) is 17.8 Å². The Hall–Kier alpha value is -3.74. The van der Waals surface area contributed by atoms with E-state index in [-0.39, 0.29) is 35.1 Å². The summed E-state index contributed by atoms with van der Waals surface area (Å²) in [5.74, 6) is -2.20. The predicted octanol–water partition coefficient (Wildman–Crippen LogP) is 3.18. The van der Waals surface area contributed by atoms with Crippen LogP contribution in [0.4, 0.5) is 11.4 Å². The lowest BCUT2D eigenvalue weighted by Crippen LogP contribution is -2.31. The highest BCUT2D eigenvalue weighted by Crippen LogP contribution is 2.40. The van der Waals surface area contributed by atoms with Gasteiger partial charge < -0.3 is 10.1 Å². The Labute approximate surface area is 179 Å². The number of hydrogen-bond donors (Lipinski definition) is 1. The molecule has 0 bridgehead atoms. The van der Waals surface area contributed by atoms with Crippen molar-refractivity contribution in [1.82, 2.24) is 0 Å². The highest BCUT2D eigenvalue weighted by Gasteiger charge is 2.50. The number of allylic oxidation sites excluding steroid dienone is 2. The number of fused-ring (bicyclic) bond motifs is 1. The molecule has 4 rings (SSSR count). The summed E-state index contributed by atoms with van der Waals surface area (Å²) in [5, 5.41) is 2.63. The number of hydrogen-bond acceptors (Lipinski definition) is 5. The molecule has 1 saturated heterocycles. The summed E-state index contributed by atoms with van der Waals surface area (Å²) in [5.41, 5.74) is 1.26. The SMILES string of the molecule is C[C@H]1C=CC[C@H]2C(=O)N(c3ccc(C(=O)OCC(=O)Nc4ccccc4)cc3)C(=O)[C@H]12. The topological polar surface area (TPSA) is 92.8 Å². The summed E-state index contributed by atoms with van der Waals surface area (Å²) in [6.45, 7) is 1.52. The van der Waals surface area contributed by atoms with E-state index in [1.807, 2.05) is 25.1 Å². The zero-order chi connectivity index (χ0) is 22.0. The van der Waals surface area contributed by atoms with Gasteiger partial charge in [-0.15, -0.1) is 0 Å². The van der Waals surface area contributed by atoms with Crippen LogP contribution in [0.15, 0.2) is 66.7 Å². The van der Waals surface area contributed by atoms with E-state index >= 15 is 0 Å². The zero-order valence-electron chi connectivity index (χ0n) is 17.0. The highest BCUT2D eigenvalue weighted by atomic mass is 16.5. The number of amides is 3. The molecule has 31 heavy (non-hydrogen) atoms. The van der Waals surface area contributed by atoms with Gasteiger partial charge in [0.15, 0.2) is 6.61 Å². The van der Waals surface area contributed by atoms with Gasteiger partial charge in [0.1, 0.15) is 0 Å². The number of benzene rings is 2. The first-order valence-corrected chi connectivity index (χ1v) is 10.1. The second-order valence-electron chi connectivity index (χ2n) is 7.70. The maximum atomic E-state index is 12.8. The lowest BCUT2D eigenvalue weighted by molar-refractivity contribution is -0.123. The summed E-state index contributed by atoms with van der Waals surface area (Å²) in [7, 11) is 0. The molecule has 1 N–H and O–H groups in total. The van der Waals surface area contributed by atoms with Crippen molar-refractivity contribution in [3.05, 3.63) is 72.3 Å². The van der Waals surface area contributed by atoms with Crippen LogP contribution in [0.25, 0.3) is 0 Å². The van der Waals surface area contributed by atoms with Gasteiger partial charge in [0, 0.05) is 5.69 Å². The number of nitrogens with zero attached hydrogens (tertiary/aromatic N) is 1. The molecule has 2 aromatic rings. The van der Waals surface area contributed by atoms with E-state index < -0.39 is 18.5 Å². The summed E-state index contributed by atoms with van der Waals surface area (Å²) in [4.78, 5) is 51.0. The lowest BCUT2D eigenvalue weighted by Gasteiger charge is -2.22. The molecule has 1 aliphatic heterocycles. The van der Waals surface area contributed by atoms with Crippen molar-refractivity contribution in [2.24, 2.45) is 17.8 Å². The second-order valence-corrected chi connectivity index (χ2v) is 7.70. The lowest BCUT2D eigenvalue weighted by atomic mass is 9.78. The van der Waals surface area contributed by atoms with Gasteiger partial charge in [-0.3, -0.25) is 19.3 Å². The van der Waals surface area contributed by atoms with Gasteiger partial charge >= 0.3 is 5.97 Å². The summed E-state index contributed by atoms with van der Waals surface area (Å²) >= 11 is 0. The van der Waals surface area contributed by atoms with Gasteiger partial charge in [-0.25, -0.2) is 4.79 Å². The Morgan fingerprint density at radius 1 is 1.03 bits per heavy atom. The third-order valence-electron chi connectivity index (χ3n) is 5.63. The second kappa shape index (κ2) is 8.55. The van der Waals surface area contributed by atoms with E-state index in [0.717, 1.165) is 0 Å². The van der Waals surface area contributed by atoms with Crippen LogP contribution in [0.1, 0.15) is 23.7 Å². The van der Waals surface area contributed by atoms with Gasteiger partial charge in [0.05, 0.1) is 23.1 Å². The van der Waals surface area contributed by atoms with Crippen LogP contribution < -0.4 is 10.2 Å². The van der Waals surface area contributed by atoms with Crippen LogP contribution in [0.3, 0.4) is 0 Å². The van der Waals surface area contributed by atoms with Crippen molar-refractivity contribution < 1.29 is 23.9 Å². The fraction of sp³-hybridized carbons (Fsp3) is 0.250. The molecule has 0 radical (unpaired) electrons. The molecule has 0 aromatic heterocycles. The van der Waals surface area contributed by atoms with E-state index in [1.165, 1.54) is 17.0 Å². The van der Waals surface area contributed by atoms with E-state index in [2.05, 4.69) is 5.32 Å². The number of anilines is 2. The Morgan fingerprint density at radius 3 is 2.42 bits per heavy atom. The number of ether oxygens (including phenoxy) is 1. The van der Waals surface area contributed by atoms with Gasteiger partial charge in [-0.05, 0) is 48.7 Å². The van der Waals surface area contributed by atoms with Crippen molar-refractivity contribution >= 4 is 35.1 Å². The molecular weight excluding hydrogens is 396 g/mol. The Balaban J connectivity index is 1.38. The van der Waals surface area contributed by atoms with Crippen LogP contribution in [-0.2, 0) is 19.1 Å². The molecule has 3 atom stereocenters. The summed E-state index contributed by atoms with van der Waals surface area (Å²) < 4.78 is 5.05. The maximum absolute atomic E-state index is 12.8. The third-order valence-corrected chi connectivity index (χ3v) is 5.63. The normalized spacial score (nSPS) is 22.2. The van der Waals surface area contributed by atoms with Gasteiger partial charge in [0.2, 0.25) is 11.8 Å². The molecule has 0 saturated carbocycles. The smallest absolute Gasteiger partial charge is 0.338 e. The van der Waals surface area contributed by atoms with Crippen LogP contribution >= 0.6 is 0 Å². The standard InChI is InChI=1S/C24H22N2O5/c1-15-6-5-9-19-21(15)23(29)26(22(19)28)18-12-10-16(11-13-18)24(30)31-14-20(27)25-17-7-3-2-4-8-17/h2-8,10-13,15,19,21H,9,14H2,1H3,(H,25,27)/t15-,19+,21+/m0/s1. The molecule has 1 fully saturated rings. The highest BCUT2D eigenvalue weighted by molar-refractivity contribution is 6.22. The van der Waals surface area contributed by atoms with Crippen molar-refractivity contribution in [2.75, 3.05) is 16.8 Å². The minimum atomic E-state index is -0.666. The minimum absolute atomic E-state index is 0.0106. The number of rotatable bonds is 5. The first-order valence-electron chi connectivity index (χ1n) is 10.1. The molecule has 1 aliphatic carbocycles. The Bertz CT molecular complexity index is 1050. The Morgan fingerprint density at radius 2 is 1.74 bits per heavy atom. The predicted molar refractivity (Wildman–Crippen MR) is 114 cm³/mol. The molecular formula is C24H22N2O5. The van der Waals surface area contributed by atoms with E-state index in [4.69, 9.17) is 4.74 Å². The minimum Gasteiger partial charge on any atom is -0.452 e. The average molecular weight is 418 g/mol. The fourth-order valence-corrected chi connectivity index (χ4v) is 4.08. The van der Waals surface area contributed by atoms with Gasteiger partial charge in [0.25, 0.3) is 5.91 Å². The van der Waals surface area contributed by atoms with Crippen molar-refractivity contribution in [1.29, 1.82) is 0 Å². The Kier molecular flexibility index (Phi) is 5.66. The first kappa shape index (κ1) is 20.5. The molecule has 2 aromatic carbocycles.